The SMILES string of the molecule is COC(=O)CC(C)Nc1ccccc1OC. The zero-order valence-electron chi connectivity index (χ0n) is 9.82. The molecule has 0 amide bonds. The minimum absolute atomic E-state index is 0.00347. The van der Waals surface area contributed by atoms with E-state index in [0.29, 0.717) is 6.42 Å². The van der Waals surface area contributed by atoms with Crippen molar-refractivity contribution in [3.63, 3.8) is 0 Å². The molecule has 88 valence electrons. The molecule has 4 heteroatoms. The fourth-order valence-electron chi connectivity index (χ4n) is 1.41. The first-order valence-electron chi connectivity index (χ1n) is 5.13. The summed E-state index contributed by atoms with van der Waals surface area (Å²) in [6, 6.07) is 7.59. The Labute approximate surface area is 95.6 Å². The van der Waals surface area contributed by atoms with E-state index in [-0.39, 0.29) is 12.0 Å². The van der Waals surface area contributed by atoms with E-state index < -0.39 is 0 Å². The van der Waals surface area contributed by atoms with E-state index in [2.05, 4.69) is 10.1 Å². The molecule has 0 aliphatic heterocycles. The molecule has 1 aromatic rings. The molecule has 1 unspecified atom stereocenters. The van der Waals surface area contributed by atoms with Crippen molar-refractivity contribution in [3.05, 3.63) is 24.3 Å². The molecule has 0 fully saturated rings. The van der Waals surface area contributed by atoms with Crippen LogP contribution in [-0.2, 0) is 9.53 Å². The van der Waals surface area contributed by atoms with Gasteiger partial charge in [-0.15, -0.1) is 0 Å². The number of ether oxygens (including phenoxy) is 2. The van der Waals surface area contributed by atoms with Crippen LogP contribution in [0.15, 0.2) is 24.3 Å². The Morgan fingerprint density at radius 3 is 2.69 bits per heavy atom. The summed E-state index contributed by atoms with van der Waals surface area (Å²) in [5, 5.41) is 3.20. The average Bonchev–Trinajstić information content (AvgIpc) is 2.29. The summed E-state index contributed by atoms with van der Waals surface area (Å²) in [5.41, 5.74) is 0.876. The molecule has 0 spiro atoms. The second kappa shape index (κ2) is 6.00. The highest BCUT2D eigenvalue weighted by molar-refractivity contribution is 5.70. The van der Waals surface area contributed by atoms with Crippen LogP contribution in [-0.4, -0.2) is 26.2 Å². The van der Waals surface area contributed by atoms with Gasteiger partial charge < -0.3 is 14.8 Å². The fraction of sp³-hybridized carbons (Fsp3) is 0.417. The lowest BCUT2D eigenvalue weighted by Gasteiger charge is -2.16. The smallest absolute Gasteiger partial charge is 0.307 e. The average molecular weight is 223 g/mol. The monoisotopic (exact) mass is 223 g/mol. The third-order valence-corrected chi connectivity index (χ3v) is 2.21. The second-order valence-corrected chi connectivity index (χ2v) is 3.53. The normalized spacial score (nSPS) is 11.7. The van der Waals surface area contributed by atoms with E-state index in [9.17, 15) is 4.79 Å². The van der Waals surface area contributed by atoms with Crippen LogP contribution in [0.25, 0.3) is 0 Å². The Hall–Kier alpha value is -1.71. The zero-order chi connectivity index (χ0) is 12.0. The van der Waals surface area contributed by atoms with Gasteiger partial charge in [-0.2, -0.15) is 0 Å². The Kier molecular flexibility index (Phi) is 4.64. The van der Waals surface area contributed by atoms with Gasteiger partial charge in [0.15, 0.2) is 0 Å². The van der Waals surface area contributed by atoms with Crippen molar-refractivity contribution in [2.24, 2.45) is 0 Å². The van der Waals surface area contributed by atoms with Crippen LogP contribution < -0.4 is 10.1 Å². The van der Waals surface area contributed by atoms with Crippen LogP contribution in [0.5, 0.6) is 5.75 Å². The van der Waals surface area contributed by atoms with Gasteiger partial charge in [0.1, 0.15) is 5.75 Å². The van der Waals surface area contributed by atoms with Crippen LogP contribution in [0.4, 0.5) is 5.69 Å². The highest BCUT2D eigenvalue weighted by Gasteiger charge is 2.10. The van der Waals surface area contributed by atoms with Gasteiger partial charge in [-0.25, -0.2) is 0 Å². The summed E-state index contributed by atoms with van der Waals surface area (Å²) in [6.45, 7) is 1.92. The molecular weight excluding hydrogens is 206 g/mol. The maximum Gasteiger partial charge on any atom is 0.307 e. The lowest BCUT2D eigenvalue weighted by Crippen LogP contribution is -2.20. The van der Waals surface area contributed by atoms with Crippen molar-refractivity contribution in [2.45, 2.75) is 19.4 Å². The van der Waals surface area contributed by atoms with Crippen LogP contribution in [0.1, 0.15) is 13.3 Å². The maximum absolute atomic E-state index is 11.1. The molecule has 0 bridgehead atoms. The van der Waals surface area contributed by atoms with E-state index in [1.807, 2.05) is 31.2 Å². The highest BCUT2D eigenvalue weighted by atomic mass is 16.5. The lowest BCUT2D eigenvalue weighted by atomic mass is 10.2. The van der Waals surface area contributed by atoms with Crippen molar-refractivity contribution in [2.75, 3.05) is 19.5 Å². The molecule has 16 heavy (non-hydrogen) atoms. The third-order valence-electron chi connectivity index (χ3n) is 2.21. The molecule has 4 nitrogen and oxygen atoms in total. The molecule has 0 aliphatic carbocycles. The van der Waals surface area contributed by atoms with Crippen LogP contribution in [0.2, 0.25) is 0 Å². The molecule has 1 rings (SSSR count). The Bertz CT molecular complexity index is 352. The van der Waals surface area contributed by atoms with Crippen LogP contribution >= 0.6 is 0 Å². The number of nitrogens with one attached hydrogen (secondary N) is 1. The number of rotatable bonds is 5. The molecule has 0 heterocycles. The summed E-state index contributed by atoms with van der Waals surface area (Å²) in [5.74, 6) is 0.536. The summed E-state index contributed by atoms with van der Waals surface area (Å²) < 4.78 is 9.80. The van der Waals surface area contributed by atoms with Gasteiger partial charge in [0, 0.05) is 6.04 Å². The fourth-order valence-corrected chi connectivity index (χ4v) is 1.41. The molecule has 0 aliphatic rings. The molecule has 0 saturated carbocycles. The molecular formula is C12H17NO3. The Morgan fingerprint density at radius 2 is 2.06 bits per heavy atom. The van der Waals surface area contributed by atoms with E-state index in [0.717, 1.165) is 11.4 Å². The first-order chi connectivity index (χ1) is 7.67. The minimum Gasteiger partial charge on any atom is -0.495 e. The predicted octanol–water partition coefficient (Wildman–Crippen LogP) is 2.06. The van der Waals surface area contributed by atoms with Gasteiger partial charge in [-0.3, -0.25) is 4.79 Å². The number of para-hydroxylation sites is 2. The van der Waals surface area contributed by atoms with Crippen molar-refractivity contribution in [1.29, 1.82) is 0 Å². The molecule has 1 N–H and O–H groups in total. The quantitative estimate of drug-likeness (QED) is 0.776. The van der Waals surface area contributed by atoms with E-state index in [1.165, 1.54) is 7.11 Å². The van der Waals surface area contributed by atoms with Gasteiger partial charge in [0.2, 0.25) is 0 Å². The van der Waals surface area contributed by atoms with E-state index >= 15 is 0 Å². The van der Waals surface area contributed by atoms with E-state index in [4.69, 9.17) is 4.74 Å². The summed E-state index contributed by atoms with van der Waals surface area (Å²) in [7, 11) is 3.00. The molecule has 1 atom stereocenters. The van der Waals surface area contributed by atoms with Crippen LogP contribution in [0.3, 0.4) is 0 Å². The van der Waals surface area contributed by atoms with Gasteiger partial charge in [0.25, 0.3) is 0 Å². The lowest BCUT2D eigenvalue weighted by molar-refractivity contribution is -0.140. The van der Waals surface area contributed by atoms with Crippen molar-refractivity contribution >= 4 is 11.7 Å². The van der Waals surface area contributed by atoms with Gasteiger partial charge in [-0.1, -0.05) is 12.1 Å². The minimum atomic E-state index is -0.227. The Morgan fingerprint density at radius 1 is 1.38 bits per heavy atom. The second-order valence-electron chi connectivity index (χ2n) is 3.53. The Balaban J connectivity index is 2.61. The number of hydrogen-bond acceptors (Lipinski definition) is 4. The van der Waals surface area contributed by atoms with Gasteiger partial charge in [-0.05, 0) is 19.1 Å². The largest absolute Gasteiger partial charge is 0.495 e. The summed E-state index contributed by atoms with van der Waals surface area (Å²) >= 11 is 0. The number of esters is 1. The molecule has 0 aromatic heterocycles. The number of hydrogen-bond donors (Lipinski definition) is 1. The van der Waals surface area contributed by atoms with Gasteiger partial charge >= 0.3 is 5.97 Å². The van der Waals surface area contributed by atoms with Crippen molar-refractivity contribution in [1.82, 2.24) is 0 Å². The molecule has 1 aromatic carbocycles. The standard InChI is InChI=1S/C12H17NO3/c1-9(8-12(14)16-3)13-10-6-4-5-7-11(10)15-2/h4-7,9,13H,8H2,1-3H3. The van der Waals surface area contributed by atoms with Crippen LogP contribution in [0, 0.1) is 0 Å². The van der Waals surface area contributed by atoms with Gasteiger partial charge in [0.05, 0.1) is 26.3 Å². The molecule has 0 radical (unpaired) electrons. The number of anilines is 1. The predicted molar refractivity (Wildman–Crippen MR) is 62.7 cm³/mol. The van der Waals surface area contributed by atoms with Crippen molar-refractivity contribution < 1.29 is 14.3 Å². The highest BCUT2D eigenvalue weighted by Crippen LogP contribution is 2.24. The van der Waals surface area contributed by atoms with E-state index in [1.54, 1.807) is 7.11 Å². The topological polar surface area (TPSA) is 47.6 Å². The molecule has 0 saturated heterocycles. The van der Waals surface area contributed by atoms with Crippen molar-refractivity contribution in [3.8, 4) is 5.75 Å². The zero-order valence-corrected chi connectivity index (χ0v) is 9.82. The number of carbonyl (C=O) groups is 1. The summed E-state index contributed by atoms with van der Waals surface area (Å²) in [6.07, 6.45) is 0.328. The number of benzene rings is 1. The number of methoxy groups -OCH3 is 2. The number of carbonyl (C=O) groups excluding carboxylic acids is 1. The third kappa shape index (κ3) is 3.46. The first-order valence-corrected chi connectivity index (χ1v) is 5.13. The summed E-state index contributed by atoms with van der Waals surface area (Å²) in [4.78, 5) is 11.1. The first kappa shape index (κ1) is 12.4. The maximum atomic E-state index is 11.1.